The Hall–Kier alpha value is -1.43. The summed E-state index contributed by atoms with van der Waals surface area (Å²) in [5.41, 5.74) is 0.939. The summed E-state index contributed by atoms with van der Waals surface area (Å²) in [5, 5.41) is 16.7. The smallest absolute Gasteiger partial charge is 0.141 e. The summed E-state index contributed by atoms with van der Waals surface area (Å²) in [5.74, 6) is 1.39. The van der Waals surface area contributed by atoms with E-state index < -0.39 is 0 Å². The Morgan fingerprint density at radius 3 is 3.00 bits per heavy atom. The lowest BCUT2D eigenvalue weighted by Crippen LogP contribution is -2.40. The molecular weight excluding hydrogens is 242 g/mol. The topological polar surface area (TPSA) is 66.5 Å². The Morgan fingerprint density at radius 1 is 1.47 bits per heavy atom. The average molecular weight is 265 g/mol. The van der Waals surface area contributed by atoms with Gasteiger partial charge in [0, 0.05) is 32.0 Å². The van der Waals surface area contributed by atoms with E-state index in [1.165, 1.54) is 0 Å². The summed E-state index contributed by atoms with van der Waals surface area (Å²) in [6.07, 6.45) is 4.55. The second-order valence-electron chi connectivity index (χ2n) is 5.08. The van der Waals surface area contributed by atoms with Gasteiger partial charge in [-0.15, -0.1) is 0 Å². The molecule has 0 radical (unpaired) electrons. The van der Waals surface area contributed by atoms with E-state index in [0.717, 1.165) is 57.0 Å². The molecule has 1 N–H and O–H groups in total. The lowest BCUT2D eigenvalue weighted by atomic mass is 9.93. The molecule has 1 aromatic rings. The molecule has 1 atom stereocenters. The molecule has 0 bridgehead atoms. The van der Waals surface area contributed by atoms with Gasteiger partial charge in [-0.1, -0.05) is 19.0 Å². The third-order valence-corrected chi connectivity index (χ3v) is 3.75. The zero-order valence-corrected chi connectivity index (χ0v) is 11.8. The molecule has 1 saturated heterocycles. The highest BCUT2D eigenvalue weighted by molar-refractivity contribution is 5.87. The molecule has 1 unspecified atom stereocenters. The molecule has 106 valence electrons. The number of likely N-dealkylation sites (tertiary alicyclic amines) is 1. The maximum absolute atomic E-state index is 8.99. The Labute approximate surface area is 114 Å². The molecule has 0 aromatic carbocycles. The molecule has 6 heteroatoms. The van der Waals surface area contributed by atoms with E-state index in [2.05, 4.69) is 34.0 Å². The zero-order valence-electron chi connectivity index (χ0n) is 11.8. The van der Waals surface area contributed by atoms with Crippen molar-refractivity contribution in [1.82, 2.24) is 19.7 Å². The second kappa shape index (κ2) is 6.65. The van der Waals surface area contributed by atoms with Crippen LogP contribution in [-0.4, -0.2) is 43.7 Å². The van der Waals surface area contributed by atoms with Gasteiger partial charge in [0.25, 0.3) is 0 Å². The summed E-state index contributed by atoms with van der Waals surface area (Å²) in [6, 6.07) is 0. The number of piperidine rings is 1. The first-order chi connectivity index (χ1) is 9.28. The zero-order chi connectivity index (χ0) is 13.7. The highest BCUT2D eigenvalue weighted by atomic mass is 16.4. The van der Waals surface area contributed by atoms with Crippen LogP contribution in [0.2, 0.25) is 0 Å². The van der Waals surface area contributed by atoms with E-state index in [-0.39, 0.29) is 0 Å². The number of hydrogen-bond acceptors (Lipinski definition) is 5. The summed E-state index contributed by atoms with van der Waals surface area (Å²) < 4.78 is 1.98. The quantitative estimate of drug-likeness (QED) is 0.650. The van der Waals surface area contributed by atoms with E-state index in [1.807, 2.05) is 4.68 Å². The largest absolute Gasteiger partial charge is 0.411 e. The third kappa shape index (κ3) is 3.32. The summed E-state index contributed by atoms with van der Waals surface area (Å²) >= 11 is 0. The van der Waals surface area contributed by atoms with Gasteiger partial charge in [0.15, 0.2) is 0 Å². The van der Waals surface area contributed by atoms with Gasteiger partial charge < -0.3 is 5.21 Å². The Balaban J connectivity index is 1.98. The summed E-state index contributed by atoms with van der Waals surface area (Å²) in [7, 11) is 0. The van der Waals surface area contributed by atoms with Gasteiger partial charge in [-0.3, -0.25) is 4.90 Å². The minimum Gasteiger partial charge on any atom is -0.411 e. The maximum Gasteiger partial charge on any atom is 0.141 e. The molecule has 1 fully saturated rings. The van der Waals surface area contributed by atoms with Crippen molar-refractivity contribution in [2.45, 2.75) is 46.2 Å². The average Bonchev–Trinajstić information content (AvgIpc) is 2.86. The van der Waals surface area contributed by atoms with Crippen LogP contribution in [-0.2, 0) is 13.1 Å². The Bertz CT molecular complexity index is 428. The molecule has 1 aliphatic heterocycles. The van der Waals surface area contributed by atoms with Crippen LogP contribution in [0, 0.1) is 5.92 Å². The highest BCUT2D eigenvalue weighted by Crippen LogP contribution is 2.18. The van der Waals surface area contributed by atoms with E-state index in [9.17, 15) is 0 Å². The van der Waals surface area contributed by atoms with Crippen molar-refractivity contribution >= 4 is 5.71 Å². The minimum absolute atomic E-state index is 0.362. The van der Waals surface area contributed by atoms with Gasteiger partial charge in [-0.05, 0) is 12.8 Å². The number of rotatable bonds is 5. The fourth-order valence-electron chi connectivity index (χ4n) is 2.63. The second-order valence-corrected chi connectivity index (χ2v) is 5.08. The lowest BCUT2D eigenvalue weighted by Gasteiger charge is -2.32. The SMILES string of the molecule is CCCn1ncnc1CN1CCC(=NO)C(CC)C1. The van der Waals surface area contributed by atoms with Gasteiger partial charge >= 0.3 is 0 Å². The fraction of sp³-hybridized carbons (Fsp3) is 0.769. The lowest BCUT2D eigenvalue weighted by molar-refractivity contribution is 0.212. The predicted molar refractivity (Wildman–Crippen MR) is 73.2 cm³/mol. The van der Waals surface area contributed by atoms with Crippen LogP contribution >= 0.6 is 0 Å². The van der Waals surface area contributed by atoms with Crippen molar-refractivity contribution in [3.63, 3.8) is 0 Å². The first-order valence-electron chi connectivity index (χ1n) is 7.08. The molecule has 0 amide bonds. The molecule has 19 heavy (non-hydrogen) atoms. The molecule has 2 rings (SSSR count). The predicted octanol–water partition coefficient (Wildman–Crippen LogP) is 1.75. The molecule has 6 nitrogen and oxygen atoms in total. The first-order valence-corrected chi connectivity index (χ1v) is 7.08. The van der Waals surface area contributed by atoms with Crippen molar-refractivity contribution in [3.05, 3.63) is 12.2 Å². The van der Waals surface area contributed by atoms with Crippen molar-refractivity contribution in [2.75, 3.05) is 13.1 Å². The van der Waals surface area contributed by atoms with Gasteiger partial charge in [-0.25, -0.2) is 9.67 Å². The molecule has 0 spiro atoms. The van der Waals surface area contributed by atoms with Crippen molar-refractivity contribution < 1.29 is 5.21 Å². The van der Waals surface area contributed by atoms with Crippen LogP contribution in [0.3, 0.4) is 0 Å². The van der Waals surface area contributed by atoms with Crippen molar-refractivity contribution in [2.24, 2.45) is 11.1 Å². The standard InChI is InChI=1S/C13H23N5O/c1-3-6-18-13(14-10-15-18)9-17-7-5-12(16-19)11(4-2)8-17/h10-11,19H,3-9H2,1-2H3. The number of nitrogens with zero attached hydrogens (tertiary/aromatic N) is 5. The first kappa shape index (κ1) is 14.0. The fourth-order valence-corrected chi connectivity index (χ4v) is 2.63. The van der Waals surface area contributed by atoms with Crippen molar-refractivity contribution in [1.29, 1.82) is 0 Å². The van der Waals surface area contributed by atoms with Crippen LogP contribution in [0.5, 0.6) is 0 Å². The maximum atomic E-state index is 8.99. The minimum atomic E-state index is 0.362. The van der Waals surface area contributed by atoms with E-state index in [1.54, 1.807) is 6.33 Å². The van der Waals surface area contributed by atoms with Gasteiger partial charge in [0.2, 0.25) is 0 Å². The van der Waals surface area contributed by atoms with Gasteiger partial charge in [-0.2, -0.15) is 5.10 Å². The van der Waals surface area contributed by atoms with E-state index >= 15 is 0 Å². The van der Waals surface area contributed by atoms with Gasteiger partial charge in [0.1, 0.15) is 12.2 Å². The number of aromatic nitrogens is 3. The Kier molecular flexibility index (Phi) is 4.90. The molecule has 2 heterocycles. The highest BCUT2D eigenvalue weighted by Gasteiger charge is 2.25. The van der Waals surface area contributed by atoms with E-state index in [4.69, 9.17) is 5.21 Å². The van der Waals surface area contributed by atoms with Crippen LogP contribution in [0.4, 0.5) is 0 Å². The normalized spacial score (nSPS) is 23.1. The van der Waals surface area contributed by atoms with Crippen LogP contribution in [0.1, 0.15) is 38.9 Å². The molecule has 0 saturated carbocycles. The summed E-state index contributed by atoms with van der Waals surface area (Å²) in [6.45, 7) is 7.89. The van der Waals surface area contributed by atoms with E-state index in [0.29, 0.717) is 5.92 Å². The third-order valence-electron chi connectivity index (χ3n) is 3.75. The number of oxime groups is 1. The molecule has 1 aromatic heterocycles. The van der Waals surface area contributed by atoms with Gasteiger partial charge in [0.05, 0.1) is 12.3 Å². The molecule has 0 aliphatic carbocycles. The Morgan fingerprint density at radius 2 is 2.32 bits per heavy atom. The van der Waals surface area contributed by atoms with Crippen LogP contribution in [0.15, 0.2) is 11.5 Å². The van der Waals surface area contributed by atoms with Crippen molar-refractivity contribution in [3.8, 4) is 0 Å². The van der Waals surface area contributed by atoms with Crippen LogP contribution < -0.4 is 0 Å². The molecular formula is C13H23N5O. The number of aryl methyl sites for hydroxylation is 1. The van der Waals surface area contributed by atoms with Crippen LogP contribution in [0.25, 0.3) is 0 Å². The molecule has 1 aliphatic rings. The number of hydrogen-bond donors (Lipinski definition) is 1. The summed E-state index contributed by atoms with van der Waals surface area (Å²) in [4.78, 5) is 6.72. The monoisotopic (exact) mass is 265 g/mol.